The highest BCUT2D eigenvalue weighted by atomic mass is 16.6. The van der Waals surface area contributed by atoms with E-state index in [1.165, 1.54) is 0 Å². The van der Waals surface area contributed by atoms with Crippen molar-refractivity contribution in [2.45, 2.75) is 39.5 Å². The Morgan fingerprint density at radius 2 is 1.59 bits per heavy atom. The molecule has 0 aromatic heterocycles. The quantitative estimate of drug-likeness (QED) is 0.753. The van der Waals surface area contributed by atoms with Gasteiger partial charge in [-0.2, -0.15) is 0 Å². The number of nitrogens with zero attached hydrogens (tertiary/aromatic N) is 2. The fourth-order valence-electron chi connectivity index (χ4n) is 3.45. The van der Waals surface area contributed by atoms with Gasteiger partial charge in [0, 0.05) is 32.1 Å². The molecule has 2 rings (SSSR count). The second kappa shape index (κ2) is 7.16. The third-order valence-corrected chi connectivity index (χ3v) is 5.04. The first-order chi connectivity index (χ1) is 10.5. The molecule has 2 heterocycles. The van der Waals surface area contributed by atoms with Gasteiger partial charge in [0.1, 0.15) is 6.61 Å². The standard InChI is InChI=1S/C17H28N2O3/c1-4-13-22-16(21)19-11-7-17(8-12-19)5-9-18(10-6-17)15(20)14(2)3/h4,14H,1,5-13H2,2-3H3. The van der Waals surface area contributed by atoms with Crippen LogP contribution in [0.3, 0.4) is 0 Å². The monoisotopic (exact) mass is 308 g/mol. The first kappa shape index (κ1) is 16.8. The van der Waals surface area contributed by atoms with Crippen LogP contribution in [0.4, 0.5) is 4.79 Å². The van der Waals surface area contributed by atoms with Crippen molar-refractivity contribution in [3.63, 3.8) is 0 Å². The van der Waals surface area contributed by atoms with E-state index in [-0.39, 0.29) is 24.5 Å². The molecule has 2 aliphatic rings. The summed E-state index contributed by atoms with van der Waals surface area (Å²) in [5.41, 5.74) is 0.309. The Hall–Kier alpha value is -1.52. The Bertz CT molecular complexity index is 416. The SMILES string of the molecule is C=CCOC(=O)N1CCC2(CC1)CCN(C(=O)C(C)C)CC2. The lowest BCUT2D eigenvalue weighted by Crippen LogP contribution is -2.50. The second-order valence-corrected chi connectivity index (χ2v) is 6.83. The molecular formula is C17H28N2O3. The summed E-state index contributed by atoms with van der Waals surface area (Å²) < 4.78 is 5.10. The van der Waals surface area contributed by atoms with Gasteiger partial charge in [0.25, 0.3) is 0 Å². The third kappa shape index (κ3) is 3.81. The highest BCUT2D eigenvalue weighted by molar-refractivity contribution is 5.78. The van der Waals surface area contributed by atoms with E-state index in [1.807, 2.05) is 18.7 Å². The van der Waals surface area contributed by atoms with Gasteiger partial charge in [-0.15, -0.1) is 0 Å². The van der Waals surface area contributed by atoms with Crippen molar-refractivity contribution in [3.05, 3.63) is 12.7 Å². The Morgan fingerprint density at radius 3 is 2.05 bits per heavy atom. The van der Waals surface area contributed by atoms with Crippen molar-refractivity contribution < 1.29 is 14.3 Å². The van der Waals surface area contributed by atoms with Crippen LogP contribution in [0.5, 0.6) is 0 Å². The van der Waals surface area contributed by atoms with E-state index >= 15 is 0 Å². The van der Waals surface area contributed by atoms with Crippen molar-refractivity contribution >= 4 is 12.0 Å². The summed E-state index contributed by atoms with van der Waals surface area (Å²) in [5, 5.41) is 0. The van der Waals surface area contributed by atoms with E-state index < -0.39 is 0 Å². The van der Waals surface area contributed by atoms with E-state index in [0.29, 0.717) is 5.41 Å². The van der Waals surface area contributed by atoms with E-state index in [4.69, 9.17) is 4.74 Å². The van der Waals surface area contributed by atoms with E-state index in [9.17, 15) is 9.59 Å². The average Bonchev–Trinajstić information content (AvgIpc) is 2.53. The van der Waals surface area contributed by atoms with E-state index in [1.54, 1.807) is 11.0 Å². The summed E-state index contributed by atoms with van der Waals surface area (Å²) in [4.78, 5) is 27.7. The van der Waals surface area contributed by atoms with Gasteiger partial charge in [-0.3, -0.25) is 4.79 Å². The number of hydrogen-bond acceptors (Lipinski definition) is 3. The summed E-state index contributed by atoms with van der Waals surface area (Å²) in [6.45, 7) is 11.0. The van der Waals surface area contributed by atoms with Crippen molar-refractivity contribution in [2.75, 3.05) is 32.8 Å². The van der Waals surface area contributed by atoms with Gasteiger partial charge < -0.3 is 14.5 Å². The molecule has 2 saturated heterocycles. The molecule has 0 N–H and O–H groups in total. The summed E-state index contributed by atoms with van der Waals surface area (Å²) in [7, 11) is 0. The molecule has 1 spiro atoms. The topological polar surface area (TPSA) is 49.9 Å². The molecule has 5 nitrogen and oxygen atoms in total. The normalized spacial score (nSPS) is 21.0. The van der Waals surface area contributed by atoms with Crippen LogP contribution in [0.2, 0.25) is 0 Å². The van der Waals surface area contributed by atoms with Gasteiger partial charge in [-0.05, 0) is 31.1 Å². The summed E-state index contributed by atoms with van der Waals surface area (Å²) in [6.07, 6.45) is 5.49. The molecule has 0 aromatic carbocycles. The number of ether oxygens (including phenoxy) is 1. The van der Waals surface area contributed by atoms with Gasteiger partial charge in [0.15, 0.2) is 0 Å². The van der Waals surface area contributed by atoms with Crippen LogP contribution in [-0.4, -0.2) is 54.6 Å². The molecule has 124 valence electrons. The van der Waals surface area contributed by atoms with Crippen LogP contribution in [-0.2, 0) is 9.53 Å². The maximum atomic E-state index is 12.1. The van der Waals surface area contributed by atoms with Crippen molar-refractivity contribution in [3.8, 4) is 0 Å². The number of piperidine rings is 2. The fourth-order valence-corrected chi connectivity index (χ4v) is 3.45. The van der Waals surface area contributed by atoms with Gasteiger partial charge in [-0.1, -0.05) is 26.5 Å². The molecule has 0 atom stereocenters. The Kier molecular flexibility index (Phi) is 5.48. The molecule has 2 aliphatic heterocycles. The minimum absolute atomic E-state index is 0.0792. The zero-order valence-electron chi connectivity index (χ0n) is 13.8. The van der Waals surface area contributed by atoms with Crippen LogP contribution in [0.15, 0.2) is 12.7 Å². The van der Waals surface area contributed by atoms with Crippen molar-refractivity contribution in [1.29, 1.82) is 0 Å². The van der Waals surface area contributed by atoms with Gasteiger partial charge >= 0.3 is 6.09 Å². The lowest BCUT2D eigenvalue weighted by molar-refractivity contribution is -0.137. The molecule has 0 bridgehead atoms. The van der Waals surface area contributed by atoms with Crippen molar-refractivity contribution in [2.24, 2.45) is 11.3 Å². The molecule has 0 aromatic rings. The largest absolute Gasteiger partial charge is 0.445 e. The van der Waals surface area contributed by atoms with Crippen LogP contribution >= 0.6 is 0 Å². The summed E-state index contributed by atoms with van der Waals surface area (Å²) in [6, 6.07) is 0. The maximum Gasteiger partial charge on any atom is 0.410 e. The molecule has 0 aliphatic carbocycles. The minimum atomic E-state index is -0.234. The van der Waals surface area contributed by atoms with Gasteiger partial charge in [0.05, 0.1) is 0 Å². The number of rotatable bonds is 3. The van der Waals surface area contributed by atoms with Crippen LogP contribution in [0, 0.1) is 11.3 Å². The first-order valence-electron chi connectivity index (χ1n) is 8.29. The molecule has 0 unspecified atom stereocenters. The molecule has 0 saturated carbocycles. The number of amides is 2. The van der Waals surface area contributed by atoms with Crippen LogP contribution in [0.25, 0.3) is 0 Å². The molecule has 0 radical (unpaired) electrons. The molecule has 2 amide bonds. The maximum absolute atomic E-state index is 12.1. The highest BCUT2D eigenvalue weighted by Crippen LogP contribution is 2.41. The summed E-state index contributed by atoms with van der Waals surface area (Å²) >= 11 is 0. The number of hydrogen-bond donors (Lipinski definition) is 0. The smallest absolute Gasteiger partial charge is 0.410 e. The van der Waals surface area contributed by atoms with Gasteiger partial charge in [-0.25, -0.2) is 4.79 Å². The number of likely N-dealkylation sites (tertiary alicyclic amines) is 2. The first-order valence-corrected chi connectivity index (χ1v) is 8.29. The third-order valence-electron chi connectivity index (χ3n) is 5.04. The number of carbonyl (C=O) groups is 2. The zero-order chi connectivity index (χ0) is 16.2. The van der Waals surface area contributed by atoms with E-state index in [0.717, 1.165) is 51.9 Å². The Morgan fingerprint density at radius 1 is 1.09 bits per heavy atom. The Balaban J connectivity index is 1.81. The predicted molar refractivity (Wildman–Crippen MR) is 85.4 cm³/mol. The van der Waals surface area contributed by atoms with Crippen LogP contribution < -0.4 is 0 Å². The zero-order valence-corrected chi connectivity index (χ0v) is 13.8. The van der Waals surface area contributed by atoms with Crippen molar-refractivity contribution in [1.82, 2.24) is 9.80 Å². The van der Waals surface area contributed by atoms with Crippen LogP contribution in [0.1, 0.15) is 39.5 Å². The van der Waals surface area contributed by atoms with E-state index in [2.05, 4.69) is 6.58 Å². The van der Waals surface area contributed by atoms with Gasteiger partial charge in [0.2, 0.25) is 5.91 Å². The molecule has 22 heavy (non-hydrogen) atoms. The highest BCUT2D eigenvalue weighted by Gasteiger charge is 2.39. The summed E-state index contributed by atoms with van der Waals surface area (Å²) in [5.74, 6) is 0.343. The number of carbonyl (C=O) groups excluding carboxylic acids is 2. The minimum Gasteiger partial charge on any atom is -0.445 e. The molecular weight excluding hydrogens is 280 g/mol. The molecule has 2 fully saturated rings. The Labute approximate surface area is 133 Å². The average molecular weight is 308 g/mol. The lowest BCUT2D eigenvalue weighted by atomic mass is 9.71. The predicted octanol–water partition coefficient (Wildman–Crippen LogP) is 2.67. The molecule has 5 heteroatoms. The second-order valence-electron chi connectivity index (χ2n) is 6.83. The fraction of sp³-hybridized carbons (Fsp3) is 0.765. The lowest BCUT2D eigenvalue weighted by Gasteiger charge is -2.46.